The molecule has 0 radical (unpaired) electrons. The highest BCUT2D eigenvalue weighted by Crippen LogP contribution is 2.27. The van der Waals surface area contributed by atoms with E-state index in [0.717, 1.165) is 23.3 Å². The van der Waals surface area contributed by atoms with Crippen molar-refractivity contribution in [3.63, 3.8) is 0 Å². The molecule has 0 aliphatic rings. The molecule has 1 heterocycles. The van der Waals surface area contributed by atoms with E-state index < -0.39 is 6.10 Å². The summed E-state index contributed by atoms with van der Waals surface area (Å²) in [6, 6.07) is 13.6. The molecule has 132 valence electrons. The van der Waals surface area contributed by atoms with E-state index in [0.29, 0.717) is 11.6 Å². The standard InChI is InChI=1S/C20H23ClN2O2/c1-13(22-12-18(24)14-5-3-6-16(21)10-14)9-15-11-23-20-17(15)7-4-8-19(20)25-2/h3-8,10-11,13,18,22-24H,9,12H2,1-2H3/t13?,18-/m0/s1. The van der Waals surface area contributed by atoms with Crippen LogP contribution < -0.4 is 10.1 Å². The molecule has 25 heavy (non-hydrogen) atoms. The van der Waals surface area contributed by atoms with Crippen molar-refractivity contribution in [3.8, 4) is 5.75 Å². The van der Waals surface area contributed by atoms with Gasteiger partial charge in [-0.25, -0.2) is 0 Å². The van der Waals surface area contributed by atoms with Crippen LogP contribution in [0.3, 0.4) is 0 Å². The number of fused-ring (bicyclic) bond motifs is 1. The van der Waals surface area contributed by atoms with Gasteiger partial charge in [-0.3, -0.25) is 0 Å². The fourth-order valence-corrected chi connectivity index (χ4v) is 3.27. The number of halogens is 1. The third-order valence-corrected chi connectivity index (χ3v) is 4.64. The van der Waals surface area contributed by atoms with Gasteiger partial charge >= 0.3 is 0 Å². The Morgan fingerprint density at radius 1 is 1.24 bits per heavy atom. The number of benzene rings is 2. The Morgan fingerprint density at radius 2 is 2.04 bits per heavy atom. The second-order valence-electron chi connectivity index (χ2n) is 6.28. The number of hydrogen-bond acceptors (Lipinski definition) is 3. The molecule has 3 rings (SSSR count). The van der Waals surface area contributed by atoms with E-state index >= 15 is 0 Å². The smallest absolute Gasteiger partial charge is 0.142 e. The number of methoxy groups -OCH3 is 1. The van der Waals surface area contributed by atoms with Crippen LogP contribution in [0.1, 0.15) is 24.2 Å². The van der Waals surface area contributed by atoms with Gasteiger partial charge in [0.25, 0.3) is 0 Å². The SMILES string of the molecule is COc1cccc2c(CC(C)NC[C@H](O)c3cccc(Cl)c3)c[nH]c12. The molecule has 1 unspecified atom stereocenters. The first-order valence-electron chi connectivity index (χ1n) is 8.38. The first-order valence-corrected chi connectivity index (χ1v) is 8.76. The summed E-state index contributed by atoms with van der Waals surface area (Å²) in [5.41, 5.74) is 3.07. The van der Waals surface area contributed by atoms with Gasteiger partial charge in [-0.15, -0.1) is 0 Å². The summed E-state index contributed by atoms with van der Waals surface area (Å²) in [7, 11) is 1.68. The van der Waals surface area contributed by atoms with Gasteiger partial charge in [-0.1, -0.05) is 35.9 Å². The predicted octanol–water partition coefficient (Wildman–Crippen LogP) is 4.08. The second-order valence-corrected chi connectivity index (χ2v) is 6.72. The molecule has 0 aliphatic heterocycles. The lowest BCUT2D eigenvalue weighted by molar-refractivity contribution is 0.170. The highest BCUT2D eigenvalue weighted by Gasteiger charge is 2.13. The number of aliphatic hydroxyl groups excluding tert-OH is 1. The number of aliphatic hydroxyl groups is 1. The molecule has 0 spiro atoms. The van der Waals surface area contributed by atoms with Gasteiger partial charge in [-0.05, 0) is 42.7 Å². The Labute approximate surface area is 152 Å². The highest BCUT2D eigenvalue weighted by molar-refractivity contribution is 6.30. The number of ether oxygens (including phenoxy) is 1. The maximum absolute atomic E-state index is 10.3. The predicted molar refractivity (Wildman–Crippen MR) is 102 cm³/mol. The molecule has 3 aromatic rings. The molecule has 2 atom stereocenters. The Bertz CT molecular complexity index is 847. The number of nitrogens with one attached hydrogen (secondary N) is 2. The molecular weight excluding hydrogens is 336 g/mol. The highest BCUT2D eigenvalue weighted by atomic mass is 35.5. The third-order valence-electron chi connectivity index (χ3n) is 4.40. The summed E-state index contributed by atoms with van der Waals surface area (Å²) in [5, 5.41) is 15.5. The number of aromatic nitrogens is 1. The Morgan fingerprint density at radius 3 is 2.80 bits per heavy atom. The van der Waals surface area contributed by atoms with Crippen molar-refractivity contribution in [1.82, 2.24) is 10.3 Å². The lowest BCUT2D eigenvalue weighted by atomic mass is 10.0. The largest absolute Gasteiger partial charge is 0.495 e. The van der Waals surface area contributed by atoms with E-state index in [1.165, 1.54) is 10.9 Å². The molecule has 0 saturated carbocycles. The first-order chi connectivity index (χ1) is 12.1. The minimum atomic E-state index is -0.579. The van der Waals surface area contributed by atoms with E-state index in [2.05, 4.69) is 23.3 Å². The van der Waals surface area contributed by atoms with Crippen molar-refractivity contribution in [2.24, 2.45) is 0 Å². The van der Waals surface area contributed by atoms with Crippen LogP contribution >= 0.6 is 11.6 Å². The maximum Gasteiger partial charge on any atom is 0.142 e. The lowest BCUT2D eigenvalue weighted by Gasteiger charge is -2.17. The van der Waals surface area contributed by atoms with Crippen LogP contribution in [0.5, 0.6) is 5.75 Å². The monoisotopic (exact) mass is 358 g/mol. The van der Waals surface area contributed by atoms with Crippen molar-refractivity contribution in [2.45, 2.75) is 25.5 Å². The molecule has 3 N–H and O–H groups in total. The average Bonchev–Trinajstić information content (AvgIpc) is 3.02. The van der Waals surface area contributed by atoms with Gasteiger partial charge in [0.2, 0.25) is 0 Å². The molecule has 0 bridgehead atoms. The van der Waals surface area contributed by atoms with E-state index in [9.17, 15) is 5.11 Å². The van der Waals surface area contributed by atoms with Crippen molar-refractivity contribution in [1.29, 1.82) is 0 Å². The van der Waals surface area contributed by atoms with Crippen molar-refractivity contribution >= 4 is 22.5 Å². The van der Waals surface area contributed by atoms with Gasteiger partial charge in [0.1, 0.15) is 5.75 Å². The topological polar surface area (TPSA) is 57.3 Å². The number of para-hydroxylation sites is 1. The second kappa shape index (κ2) is 7.91. The fraction of sp³-hybridized carbons (Fsp3) is 0.300. The summed E-state index contributed by atoms with van der Waals surface area (Å²) in [6.07, 6.45) is 2.30. The van der Waals surface area contributed by atoms with Crippen LogP contribution in [0.15, 0.2) is 48.7 Å². The molecule has 5 heteroatoms. The Kier molecular flexibility index (Phi) is 5.63. The number of H-pyrrole nitrogens is 1. The van der Waals surface area contributed by atoms with Crippen LogP contribution in [-0.4, -0.2) is 29.8 Å². The van der Waals surface area contributed by atoms with Gasteiger partial charge < -0.3 is 20.1 Å². The number of aromatic amines is 1. The third kappa shape index (κ3) is 4.15. The van der Waals surface area contributed by atoms with Gasteiger partial charge in [-0.2, -0.15) is 0 Å². The fourth-order valence-electron chi connectivity index (χ4n) is 3.07. The van der Waals surface area contributed by atoms with E-state index in [4.69, 9.17) is 16.3 Å². The van der Waals surface area contributed by atoms with Crippen LogP contribution in [0.4, 0.5) is 0 Å². The van der Waals surface area contributed by atoms with Crippen LogP contribution in [0.25, 0.3) is 10.9 Å². The molecule has 0 aliphatic carbocycles. The molecule has 4 nitrogen and oxygen atoms in total. The zero-order valence-corrected chi connectivity index (χ0v) is 15.2. The van der Waals surface area contributed by atoms with Gasteiger partial charge in [0, 0.05) is 29.2 Å². The summed E-state index contributed by atoms with van der Waals surface area (Å²) >= 11 is 5.98. The zero-order chi connectivity index (χ0) is 17.8. The summed E-state index contributed by atoms with van der Waals surface area (Å²) < 4.78 is 5.39. The summed E-state index contributed by atoms with van der Waals surface area (Å²) in [4.78, 5) is 3.29. The van der Waals surface area contributed by atoms with Crippen molar-refractivity contribution in [3.05, 3.63) is 64.8 Å². The van der Waals surface area contributed by atoms with E-state index in [-0.39, 0.29) is 6.04 Å². The molecule has 0 fully saturated rings. The lowest BCUT2D eigenvalue weighted by Crippen LogP contribution is -2.32. The van der Waals surface area contributed by atoms with Gasteiger partial charge in [0.05, 0.1) is 18.7 Å². The van der Waals surface area contributed by atoms with Crippen molar-refractivity contribution < 1.29 is 9.84 Å². The Balaban J connectivity index is 1.62. The minimum absolute atomic E-state index is 0.221. The normalized spacial score (nSPS) is 13.8. The maximum atomic E-state index is 10.3. The minimum Gasteiger partial charge on any atom is -0.495 e. The van der Waals surface area contributed by atoms with Crippen LogP contribution in [0.2, 0.25) is 5.02 Å². The summed E-state index contributed by atoms with van der Waals surface area (Å²) in [5.74, 6) is 0.848. The molecule has 1 aromatic heterocycles. The van der Waals surface area contributed by atoms with Crippen LogP contribution in [0, 0.1) is 0 Å². The number of rotatable bonds is 7. The Hall–Kier alpha value is -2.01. The van der Waals surface area contributed by atoms with Crippen LogP contribution in [-0.2, 0) is 6.42 Å². The number of hydrogen-bond donors (Lipinski definition) is 3. The quantitative estimate of drug-likeness (QED) is 0.596. The van der Waals surface area contributed by atoms with Gasteiger partial charge in [0.15, 0.2) is 0 Å². The molecular formula is C20H23ClN2O2. The van der Waals surface area contributed by atoms with Crippen molar-refractivity contribution in [2.75, 3.05) is 13.7 Å². The average molecular weight is 359 g/mol. The summed E-state index contributed by atoms with van der Waals surface area (Å²) in [6.45, 7) is 2.59. The molecule has 2 aromatic carbocycles. The zero-order valence-electron chi connectivity index (χ0n) is 14.4. The van der Waals surface area contributed by atoms with E-state index in [1.807, 2.05) is 30.5 Å². The van der Waals surface area contributed by atoms with E-state index in [1.54, 1.807) is 19.2 Å². The first kappa shape index (κ1) is 17.8. The molecule has 0 amide bonds. The molecule has 0 saturated heterocycles.